The fourth-order valence-electron chi connectivity index (χ4n) is 3.19. The maximum absolute atomic E-state index is 12.3. The third-order valence-electron chi connectivity index (χ3n) is 4.42. The second kappa shape index (κ2) is 6.94. The van der Waals surface area contributed by atoms with Crippen molar-refractivity contribution in [1.82, 2.24) is 10.2 Å². The Labute approximate surface area is 126 Å². The molecule has 1 unspecified atom stereocenters. The molecule has 114 valence electrons. The van der Waals surface area contributed by atoms with Crippen LogP contribution in [0.3, 0.4) is 0 Å². The van der Waals surface area contributed by atoms with Gasteiger partial charge in [-0.05, 0) is 31.5 Å². The summed E-state index contributed by atoms with van der Waals surface area (Å²) in [6.45, 7) is 2.71. The van der Waals surface area contributed by atoms with E-state index in [1.54, 1.807) is 0 Å². The largest absolute Gasteiger partial charge is 0.490 e. The van der Waals surface area contributed by atoms with Crippen LogP contribution in [0.25, 0.3) is 0 Å². The number of nitrogens with one attached hydrogen (secondary N) is 1. The van der Waals surface area contributed by atoms with Crippen LogP contribution in [0.1, 0.15) is 32.1 Å². The van der Waals surface area contributed by atoms with E-state index in [0.29, 0.717) is 18.4 Å². The smallest absolute Gasteiger partial charge is 0.224 e. The molecule has 2 fully saturated rings. The summed E-state index contributed by atoms with van der Waals surface area (Å²) in [5.41, 5.74) is 0. The predicted molar refractivity (Wildman–Crippen MR) is 82.3 cm³/mol. The molecule has 0 aromatic heterocycles. The summed E-state index contributed by atoms with van der Waals surface area (Å²) in [7, 11) is 0. The van der Waals surface area contributed by atoms with Gasteiger partial charge in [0.2, 0.25) is 5.91 Å². The first-order valence-corrected chi connectivity index (χ1v) is 8.04. The molecule has 4 nitrogen and oxygen atoms in total. The lowest BCUT2D eigenvalue weighted by Gasteiger charge is -2.32. The molecule has 0 bridgehead atoms. The number of amides is 1. The normalized spacial score (nSPS) is 23.2. The summed E-state index contributed by atoms with van der Waals surface area (Å²) in [5.74, 6) is 1.23. The number of ether oxygens (including phenoxy) is 1. The van der Waals surface area contributed by atoms with Crippen molar-refractivity contribution in [3.63, 3.8) is 0 Å². The molecule has 0 saturated carbocycles. The second-order valence-corrected chi connectivity index (χ2v) is 6.01. The molecule has 2 heterocycles. The summed E-state index contributed by atoms with van der Waals surface area (Å²) < 4.78 is 5.97. The van der Waals surface area contributed by atoms with Crippen molar-refractivity contribution in [2.75, 3.05) is 19.6 Å². The van der Waals surface area contributed by atoms with Crippen LogP contribution in [-0.2, 0) is 4.79 Å². The number of rotatable bonds is 4. The summed E-state index contributed by atoms with van der Waals surface area (Å²) in [6.07, 6.45) is 5.09. The molecule has 0 spiro atoms. The number of carbonyl (C=O) groups excluding carboxylic acids is 1. The van der Waals surface area contributed by atoms with Gasteiger partial charge in [0.1, 0.15) is 11.9 Å². The van der Waals surface area contributed by atoms with Crippen LogP contribution in [-0.4, -0.2) is 42.6 Å². The molecular weight excluding hydrogens is 264 g/mol. The van der Waals surface area contributed by atoms with E-state index in [1.807, 2.05) is 35.2 Å². The lowest BCUT2D eigenvalue weighted by atomic mass is 10.1. The molecule has 3 rings (SSSR count). The van der Waals surface area contributed by atoms with Gasteiger partial charge in [0, 0.05) is 38.4 Å². The first-order valence-electron chi connectivity index (χ1n) is 8.04. The first kappa shape index (κ1) is 14.4. The zero-order valence-electron chi connectivity index (χ0n) is 12.5. The molecular formula is C17H24N2O2. The first-order chi connectivity index (χ1) is 10.3. The van der Waals surface area contributed by atoms with E-state index >= 15 is 0 Å². The van der Waals surface area contributed by atoms with E-state index in [4.69, 9.17) is 4.74 Å². The molecule has 0 radical (unpaired) electrons. The zero-order valence-corrected chi connectivity index (χ0v) is 12.5. The highest BCUT2D eigenvalue weighted by Crippen LogP contribution is 2.20. The van der Waals surface area contributed by atoms with Crippen LogP contribution in [0, 0.1) is 0 Å². The minimum atomic E-state index is 0.237. The quantitative estimate of drug-likeness (QED) is 0.923. The van der Waals surface area contributed by atoms with Crippen molar-refractivity contribution >= 4 is 5.91 Å². The number of nitrogens with zero attached hydrogens (tertiary/aromatic N) is 1. The topological polar surface area (TPSA) is 41.6 Å². The third-order valence-corrected chi connectivity index (χ3v) is 4.42. The minimum absolute atomic E-state index is 0.237. The number of para-hydroxylation sites is 1. The van der Waals surface area contributed by atoms with Crippen molar-refractivity contribution in [2.45, 2.75) is 44.2 Å². The SMILES string of the molecule is O=C(CC1CCCN1)N1CCC(Oc2ccccc2)CC1. The van der Waals surface area contributed by atoms with Crippen LogP contribution in [0.4, 0.5) is 0 Å². The Morgan fingerprint density at radius 2 is 1.95 bits per heavy atom. The van der Waals surface area contributed by atoms with Crippen LogP contribution >= 0.6 is 0 Å². The van der Waals surface area contributed by atoms with Gasteiger partial charge in [0.05, 0.1) is 0 Å². The van der Waals surface area contributed by atoms with Gasteiger partial charge in [-0.15, -0.1) is 0 Å². The van der Waals surface area contributed by atoms with Crippen molar-refractivity contribution in [3.05, 3.63) is 30.3 Å². The lowest BCUT2D eigenvalue weighted by molar-refractivity contribution is -0.133. The summed E-state index contributed by atoms with van der Waals surface area (Å²) in [4.78, 5) is 14.3. The number of likely N-dealkylation sites (tertiary alicyclic amines) is 1. The van der Waals surface area contributed by atoms with E-state index in [9.17, 15) is 4.79 Å². The van der Waals surface area contributed by atoms with E-state index < -0.39 is 0 Å². The van der Waals surface area contributed by atoms with Gasteiger partial charge in [-0.2, -0.15) is 0 Å². The van der Waals surface area contributed by atoms with E-state index in [1.165, 1.54) is 6.42 Å². The Bertz CT molecular complexity index is 449. The van der Waals surface area contributed by atoms with Crippen molar-refractivity contribution in [3.8, 4) is 5.75 Å². The van der Waals surface area contributed by atoms with Gasteiger partial charge in [-0.25, -0.2) is 0 Å². The molecule has 1 N–H and O–H groups in total. The van der Waals surface area contributed by atoms with Crippen molar-refractivity contribution in [2.24, 2.45) is 0 Å². The lowest BCUT2D eigenvalue weighted by Crippen LogP contribution is -2.43. The standard InChI is InChI=1S/C17H24N2O2/c20-17(13-14-5-4-10-18-14)19-11-8-16(9-12-19)21-15-6-2-1-3-7-15/h1-3,6-7,14,16,18H,4-5,8-13H2. The summed E-state index contributed by atoms with van der Waals surface area (Å²) in [6, 6.07) is 10.3. The molecule has 1 aromatic rings. The fraction of sp³-hybridized carbons (Fsp3) is 0.588. The molecule has 1 atom stereocenters. The van der Waals surface area contributed by atoms with Gasteiger partial charge < -0.3 is 15.0 Å². The molecule has 0 aliphatic carbocycles. The zero-order chi connectivity index (χ0) is 14.5. The Hall–Kier alpha value is -1.55. The average molecular weight is 288 g/mol. The number of carbonyl (C=O) groups is 1. The highest BCUT2D eigenvalue weighted by Gasteiger charge is 2.26. The maximum atomic E-state index is 12.3. The molecule has 1 aromatic carbocycles. The maximum Gasteiger partial charge on any atom is 0.224 e. The van der Waals surface area contributed by atoms with E-state index in [0.717, 1.165) is 44.6 Å². The molecule has 2 aliphatic rings. The van der Waals surface area contributed by atoms with Gasteiger partial charge in [0.15, 0.2) is 0 Å². The van der Waals surface area contributed by atoms with Gasteiger partial charge in [-0.3, -0.25) is 4.79 Å². The van der Waals surface area contributed by atoms with Crippen molar-refractivity contribution in [1.29, 1.82) is 0 Å². The fourth-order valence-corrected chi connectivity index (χ4v) is 3.19. The number of piperidine rings is 1. The number of hydrogen-bond acceptors (Lipinski definition) is 3. The van der Waals surface area contributed by atoms with E-state index in [2.05, 4.69) is 5.32 Å². The molecule has 1 amide bonds. The third kappa shape index (κ3) is 3.97. The number of hydrogen-bond donors (Lipinski definition) is 1. The van der Waals surface area contributed by atoms with Crippen LogP contribution in [0.15, 0.2) is 30.3 Å². The highest BCUT2D eigenvalue weighted by molar-refractivity contribution is 5.77. The summed E-state index contributed by atoms with van der Waals surface area (Å²) >= 11 is 0. The van der Waals surface area contributed by atoms with Crippen LogP contribution in [0.2, 0.25) is 0 Å². The van der Waals surface area contributed by atoms with Crippen molar-refractivity contribution < 1.29 is 9.53 Å². The van der Waals surface area contributed by atoms with Gasteiger partial charge in [-0.1, -0.05) is 18.2 Å². The average Bonchev–Trinajstić information content (AvgIpc) is 3.02. The molecule has 4 heteroatoms. The van der Waals surface area contributed by atoms with Crippen LogP contribution in [0.5, 0.6) is 5.75 Å². The molecule has 2 saturated heterocycles. The Balaban J connectivity index is 1.43. The Kier molecular flexibility index (Phi) is 4.76. The second-order valence-electron chi connectivity index (χ2n) is 6.01. The highest BCUT2D eigenvalue weighted by atomic mass is 16.5. The summed E-state index contributed by atoms with van der Waals surface area (Å²) in [5, 5.41) is 3.40. The van der Waals surface area contributed by atoms with Gasteiger partial charge >= 0.3 is 0 Å². The predicted octanol–water partition coefficient (Wildman–Crippen LogP) is 2.20. The molecule has 2 aliphatic heterocycles. The Morgan fingerprint density at radius 1 is 1.19 bits per heavy atom. The molecule has 21 heavy (non-hydrogen) atoms. The monoisotopic (exact) mass is 288 g/mol. The van der Waals surface area contributed by atoms with Crippen LogP contribution < -0.4 is 10.1 Å². The van der Waals surface area contributed by atoms with Gasteiger partial charge in [0.25, 0.3) is 0 Å². The minimum Gasteiger partial charge on any atom is -0.490 e. The number of benzene rings is 1. The van der Waals surface area contributed by atoms with E-state index in [-0.39, 0.29) is 6.10 Å². The Morgan fingerprint density at radius 3 is 2.62 bits per heavy atom.